The summed E-state index contributed by atoms with van der Waals surface area (Å²) in [6.45, 7) is 0.464. The number of carbonyl (C=O) groups excluding carboxylic acids is 2. The molecule has 3 rings (SSSR count). The molecule has 0 saturated heterocycles. The SMILES string of the molecule is CN(Cc1cnn(C)c1)c1cc2c(cc1F)C(=O)C(=O)N2. The Morgan fingerprint density at radius 3 is 2.81 bits per heavy atom. The number of nitrogens with zero attached hydrogens (tertiary/aromatic N) is 3. The lowest BCUT2D eigenvalue weighted by Gasteiger charge is -2.20. The molecule has 0 fully saturated rings. The van der Waals surface area contributed by atoms with Gasteiger partial charge in [0.1, 0.15) is 5.82 Å². The number of benzene rings is 1. The average Bonchev–Trinajstić information content (AvgIpc) is 2.95. The van der Waals surface area contributed by atoms with Crippen molar-refractivity contribution in [2.24, 2.45) is 7.05 Å². The van der Waals surface area contributed by atoms with Gasteiger partial charge in [0.15, 0.2) is 0 Å². The number of fused-ring (bicyclic) bond motifs is 1. The summed E-state index contributed by atoms with van der Waals surface area (Å²) in [7, 11) is 3.54. The normalized spacial score (nSPS) is 13.3. The predicted octanol–water partition coefficient (Wildman–Crippen LogP) is 1.33. The van der Waals surface area contributed by atoms with E-state index in [2.05, 4.69) is 10.4 Å². The number of hydrogen-bond donors (Lipinski definition) is 1. The molecule has 0 atom stereocenters. The third kappa shape index (κ3) is 2.26. The zero-order chi connectivity index (χ0) is 15.1. The molecule has 0 bridgehead atoms. The summed E-state index contributed by atoms with van der Waals surface area (Å²) in [4.78, 5) is 24.5. The lowest BCUT2D eigenvalue weighted by Crippen LogP contribution is -2.17. The number of aryl methyl sites for hydroxylation is 1. The Balaban J connectivity index is 1.91. The maximum atomic E-state index is 14.1. The van der Waals surface area contributed by atoms with Gasteiger partial charge >= 0.3 is 0 Å². The number of amides is 1. The molecule has 1 aromatic carbocycles. The summed E-state index contributed by atoms with van der Waals surface area (Å²) in [5, 5.41) is 6.50. The van der Waals surface area contributed by atoms with Crippen LogP contribution in [0.25, 0.3) is 0 Å². The molecule has 0 spiro atoms. The van der Waals surface area contributed by atoms with E-state index in [1.54, 1.807) is 29.9 Å². The van der Waals surface area contributed by atoms with Crippen LogP contribution in [0.5, 0.6) is 0 Å². The number of Topliss-reactive ketones (excluding diaryl/α,β-unsaturated/α-hetero) is 1. The first-order valence-electron chi connectivity index (χ1n) is 6.33. The Morgan fingerprint density at radius 2 is 2.14 bits per heavy atom. The monoisotopic (exact) mass is 288 g/mol. The molecular weight excluding hydrogens is 275 g/mol. The molecule has 0 unspecified atom stereocenters. The van der Waals surface area contributed by atoms with Gasteiger partial charge in [-0.05, 0) is 12.1 Å². The molecule has 0 radical (unpaired) electrons. The van der Waals surface area contributed by atoms with E-state index in [9.17, 15) is 14.0 Å². The number of ketones is 1. The lowest BCUT2D eigenvalue weighted by molar-refractivity contribution is -0.112. The van der Waals surface area contributed by atoms with E-state index in [4.69, 9.17) is 0 Å². The van der Waals surface area contributed by atoms with Crippen molar-refractivity contribution in [2.45, 2.75) is 6.54 Å². The van der Waals surface area contributed by atoms with Gasteiger partial charge < -0.3 is 10.2 Å². The van der Waals surface area contributed by atoms with Gasteiger partial charge in [0.25, 0.3) is 11.7 Å². The minimum Gasteiger partial charge on any atom is -0.368 e. The van der Waals surface area contributed by atoms with Crippen LogP contribution in [0.15, 0.2) is 24.5 Å². The Labute approximate surface area is 120 Å². The van der Waals surface area contributed by atoms with E-state index in [1.165, 1.54) is 6.07 Å². The minimum absolute atomic E-state index is 0.0797. The van der Waals surface area contributed by atoms with Gasteiger partial charge in [-0.2, -0.15) is 5.10 Å². The van der Waals surface area contributed by atoms with E-state index in [-0.39, 0.29) is 5.56 Å². The van der Waals surface area contributed by atoms with Crippen LogP contribution < -0.4 is 10.2 Å². The molecule has 108 valence electrons. The maximum absolute atomic E-state index is 14.1. The molecule has 6 nitrogen and oxygen atoms in total. The molecule has 0 aliphatic carbocycles. The lowest BCUT2D eigenvalue weighted by atomic mass is 10.1. The Kier molecular flexibility index (Phi) is 2.97. The second kappa shape index (κ2) is 4.69. The van der Waals surface area contributed by atoms with Crippen LogP contribution >= 0.6 is 0 Å². The van der Waals surface area contributed by atoms with Crippen LogP contribution in [0.2, 0.25) is 0 Å². The molecular formula is C14H13FN4O2. The molecule has 1 N–H and O–H groups in total. The summed E-state index contributed by atoms with van der Waals surface area (Å²) in [6.07, 6.45) is 3.54. The third-order valence-corrected chi connectivity index (χ3v) is 3.38. The first kappa shape index (κ1) is 13.3. The fourth-order valence-electron chi connectivity index (χ4n) is 2.36. The molecule has 1 aliphatic rings. The quantitative estimate of drug-likeness (QED) is 0.865. The van der Waals surface area contributed by atoms with Gasteiger partial charge in [-0.1, -0.05) is 0 Å². The standard InChI is InChI=1S/C14H13FN4O2/c1-18(6-8-5-16-19(2)7-8)12-4-11-9(3-10(12)15)13(20)14(21)17-11/h3-5,7H,6H2,1-2H3,(H,17,20,21). The van der Waals surface area contributed by atoms with E-state index in [0.29, 0.717) is 17.9 Å². The molecule has 1 amide bonds. The minimum atomic E-state index is -0.725. The van der Waals surface area contributed by atoms with Crippen LogP contribution in [-0.2, 0) is 18.4 Å². The number of halogens is 1. The third-order valence-electron chi connectivity index (χ3n) is 3.38. The van der Waals surface area contributed by atoms with Crippen molar-refractivity contribution >= 4 is 23.1 Å². The molecule has 0 saturated carbocycles. The number of hydrogen-bond acceptors (Lipinski definition) is 4. The molecule has 1 aromatic heterocycles. The topological polar surface area (TPSA) is 67.2 Å². The summed E-state index contributed by atoms with van der Waals surface area (Å²) in [5.41, 5.74) is 1.67. The van der Waals surface area contributed by atoms with Crippen molar-refractivity contribution in [1.82, 2.24) is 9.78 Å². The maximum Gasteiger partial charge on any atom is 0.296 e. The zero-order valence-corrected chi connectivity index (χ0v) is 11.6. The van der Waals surface area contributed by atoms with Gasteiger partial charge in [0.05, 0.1) is 23.1 Å². The Bertz CT molecular complexity index is 753. The fourth-order valence-corrected chi connectivity index (χ4v) is 2.36. The highest BCUT2D eigenvalue weighted by molar-refractivity contribution is 6.51. The first-order valence-corrected chi connectivity index (χ1v) is 6.33. The number of nitrogens with one attached hydrogen (secondary N) is 1. The van der Waals surface area contributed by atoms with Crippen molar-refractivity contribution < 1.29 is 14.0 Å². The summed E-state index contributed by atoms with van der Waals surface area (Å²) < 4.78 is 15.8. The van der Waals surface area contributed by atoms with Crippen molar-refractivity contribution in [3.05, 3.63) is 41.5 Å². The number of carbonyl (C=O) groups is 2. The smallest absolute Gasteiger partial charge is 0.296 e. The number of anilines is 2. The molecule has 2 heterocycles. The van der Waals surface area contributed by atoms with E-state index in [0.717, 1.165) is 11.6 Å². The molecule has 7 heteroatoms. The largest absolute Gasteiger partial charge is 0.368 e. The highest BCUT2D eigenvalue weighted by Gasteiger charge is 2.30. The Hall–Kier alpha value is -2.70. The van der Waals surface area contributed by atoms with Crippen molar-refractivity contribution in [3.63, 3.8) is 0 Å². The predicted molar refractivity (Wildman–Crippen MR) is 74.7 cm³/mol. The highest BCUT2D eigenvalue weighted by Crippen LogP contribution is 2.31. The average molecular weight is 288 g/mol. The van der Waals surface area contributed by atoms with Crippen LogP contribution in [0.1, 0.15) is 15.9 Å². The Morgan fingerprint density at radius 1 is 1.38 bits per heavy atom. The van der Waals surface area contributed by atoms with Gasteiger partial charge in [-0.25, -0.2) is 4.39 Å². The highest BCUT2D eigenvalue weighted by atomic mass is 19.1. The van der Waals surface area contributed by atoms with Crippen molar-refractivity contribution in [1.29, 1.82) is 0 Å². The van der Waals surface area contributed by atoms with Crippen molar-refractivity contribution in [2.75, 3.05) is 17.3 Å². The van der Waals surface area contributed by atoms with Gasteiger partial charge in [-0.3, -0.25) is 14.3 Å². The number of aromatic nitrogens is 2. The van der Waals surface area contributed by atoms with Gasteiger partial charge in [0.2, 0.25) is 0 Å². The van der Waals surface area contributed by atoms with E-state index < -0.39 is 17.5 Å². The van der Waals surface area contributed by atoms with Gasteiger partial charge in [0, 0.05) is 32.4 Å². The van der Waals surface area contributed by atoms with Gasteiger partial charge in [-0.15, -0.1) is 0 Å². The van der Waals surface area contributed by atoms with E-state index in [1.807, 2.05) is 6.20 Å². The second-order valence-electron chi connectivity index (χ2n) is 5.01. The number of rotatable bonds is 3. The summed E-state index contributed by atoms with van der Waals surface area (Å²) in [5.74, 6) is -1.97. The zero-order valence-electron chi connectivity index (χ0n) is 11.6. The van der Waals surface area contributed by atoms with Crippen LogP contribution in [0.3, 0.4) is 0 Å². The molecule has 21 heavy (non-hydrogen) atoms. The summed E-state index contributed by atoms with van der Waals surface area (Å²) >= 11 is 0. The summed E-state index contributed by atoms with van der Waals surface area (Å²) in [6, 6.07) is 2.58. The fraction of sp³-hybridized carbons (Fsp3) is 0.214. The van der Waals surface area contributed by atoms with Crippen molar-refractivity contribution in [3.8, 4) is 0 Å². The molecule has 1 aliphatic heterocycles. The van der Waals surface area contributed by atoms with Crippen LogP contribution in [-0.4, -0.2) is 28.5 Å². The van der Waals surface area contributed by atoms with Crippen LogP contribution in [0, 0.1) is 5.82 Å². The van der Waals surface area contributed by atoms with E-state index >= 15 is 0 Å². The molecule has 2 aromatic rings. The van der Waals surface area contributed by atoms with Crippen LogP contribution in [0.4, 0.5) is 15.8 Å². The first-order chi connectivity index (χ1) is 9.95. The second-order valence-corrected chi connectivity index (χ2v) is 5.01.